The van der Waals surface area contributed by atoms with Crippen molar-refractivity contribution in [1.82, 2.24) is 15.2 Å². The van der Waals surface area contributed by atoms with Crippen LogP contribution in [0.25, 0.3) is 0 Å². The topological polar surface area (TPSA) is 28.2 Å². The van der Waals surface area contributed by atoms with Crippen molar-refractivity contribution in [3.8, 4) is 0 Å². The quantitative estimate of drug-likeness (QED) is 0.915. The Kier molecular flexibility index (Phi) is 7.22. The zero-order chi connectivity index (χ0) is 12.5. The highest BCUT2D eigenvalue weighted by Gasteiger charge is 2.34. The molecule has 0 aromatic carbocycles. The molecule has 116 valence electrons. The number of aryl methyl sites for hydroxylation is 1. The van der Waals surface area contributed by atoms with Crippen LogP contribution in [-0.4, -0.2) is 41.6 Å². The summed E-state index contributed by atoms with van der Waals surface area (Å²) in [6.45, 7) is 3.30. The van der Waals surface area contributed by atoms with Crippen LogP contribution in [0.1, 0.15) is 36.3 Å². The average molecular weight is 338 g/mol. The molecule has 0 spiro atoms. The first-order chi connectivity index (χ1) is 8.72. The second-order valence-corrected chi connectivity index (χ2v) is 6.79. The van der Waals surface area contributed by atoms with E-state index in [1.807, 2.05) is 5.51 Å². The predicted octanol–water partition coefficient (Wildman–Crippen LogP) is 3.05. The molecule has 3 heterocycles. The molecule has 20 heavy (non-hydrogen) atoms. The lowest BCUT2D eigenvalue weighted by molar-refractivity contribution is 0.174. The van der Waals surface area contributed by atoms with Gasteiger partial charge in [0.2, 0.25) is 0 Å². The van der Waals surface area contributed by atoms with E-state index in [0.29, 0.717) is 0 Å². The van der Waals surface area contributed by atoms with E-state index in [2.05, 4.69) is 29.2 Å². The second kappa shape index (κ2) is 7.95. The first-order valence-corrected chi connectivity index (χ1v) is 7.95. The van der Waals surface area contributed by atoms with Gasteiger partial charge in [0, 0.05) is 29.5 Å². The van der Waals surface area contributed by atoms with Crippen LogP contribution in [-0.2, 0) is 6.42 Å². The third-order valence-electron chi connectivity index (χ3n) is 4.61. The van der Waals surface area contributed by atoms with E-state index in [9.17, 15) is 0 Å². The summed E-state index contributed by atoms with van der Waals surface area (Å²) in [6.07, 6.45) is 6.63. The number of piperidine rings is 1. The van der Waals surface area contributed by atoms with Crippen molar-refractivity contribution in [1.29, 1.82) is 0 Å². The number of nitrogens with zero attached hydrogens (tertiary/aromatic N) is 2. The Morgan fingerprint density at radius 2 is 1.95 bits per heavy atom. The summed E-state index contributed by atoms with van der Waals surface area (Å²) in [5.74, 6) is 0. The molecule has 6 heteroatoms. The lowest BCUT2D eigenvalue weighted by Crippen LogP contribution is -2.47. The number of nitrogens with one attached hydrogen (secondary N) is 1. The van der Waals surface area contributed by atoms with Crippen molar-refractivity contribution in [2.45, 2.75) is 57.2 Å². The third-order valence-corrected chi connectivity index (χ3v) is 5.60. The van der Waals surface area contributed by atoms with Crippen LogP contribution < -0.4 is 5.32 Å². The van der Waals surface area contributed by atoms with Crippen molar-refractivity contribution in [2.75, 3.05) is 13.6 Å². The fraction of sp³-hybridized carbons (Fsp3) is 0.786. The molecule has 3 nitrogen and oxygen atoms in total. The summed E-state index contributed by atoms with van der Waals surface area (Å²) in [4.78, 5) is 8.36. The highest BCUT2D eigenvalue weighted by molar-refractivity contribution is 7.09. The summed E-state index contributed by atoms with van der Waals surface area (Å²) < 4.78 is 0. The highest BCUT2D eigenvalue weighted by Crippen LogP contribution is 2.29. The SMILES string of the molecule is Cc1ncsc1CCN(C)C1CC2CCC(C1)N2.Cl.Cl. The van der Waals surface area contributed by atoms with Gasteiger partial charge in [-0.05, 0) is 46.1 Å². The van der Waals surface area contributed by atoms with E-state index in [4.69, 9.17) is 0 Å². The number of thiazole rings is 1. The van der Waals surface area contributed by atoms with Gasteiger partial charge < -0.3 is 10.2 Å². The lowest BCUT2D eigenvalue weighted by Gasteiger charge is -2.35. The highest BCUT2D eigenvalue weighted by atomic mass is 35.5. The number of fused-ring (bicyclic) bond motifs is 2. The van der Waals surface area contributed by atoms with E-state index in [1.54, 1.807) is 11.3 Å². The molecule has 0 radical (unpaired) electrons. The van der Waals surface area contributed by atoms with E-state index in [0.717, 1.165) is 24.5 Å². The number of likely N-dealkylation sites (N-methyl/N-ethyl adjacent to an activating group) is 1. The molecule has 0 aliphatic carbocycles. The first-order valence-electron chi connectivity index (χ1n) is 7.07. The molecule has 3 rings (SSSR count). The predicted molar refractivity (Wildman–Crippen MR) is 90.6 cm³/mol. The number of halogens is 2. The zero-order valence-corrected chi connectivity index (χ0v) is 14.6. The van der Waals surface area contributed by atoms with E-state index in [1.165, 1.54) is 42.8 Å². The maximum atomic E-state index is 4.33. The standard InChI is InChI=1S/C14H23N3S.2ClH/c1-10-14(18-9-15-10)5-6-17(2)13-7-11-3-4-12(8-13)16-11;;/h9,11-13,16H,3-8H2,1-2H3;2*1H. The maximum Gasteiger partial charge on any atom is 0.0797 e. The molecule has 2 atom stereocenters. The maximum absolute atomic E-state index is 4.33. The summed E-state index contributed by atoms with van der Waals surface area (Å²) in [6, 6.07) is 2.37. The molecule has 1 N–H and O–H groups in total. The Morgan fingerprint density at radius 3 is 2.50 bits per heavy atom. The van der Waals surface area contributed by atoms with Crippen molar-refractivity contribution < 1.29 is 0 Å². The fourth-order valence-corrected chi connectivity index (χ4v) is 4.18. The van der Waals surface area contributed by atoms with Crippen LogP contribution in [0.15, 0.2) is 5.51 Å². The van der Waals surface area contributed by atoms with Gasteiger partial charge >= 0.3 is 0 Å². The monoisotopic (exact) mass is 337 g/mol. The minimum Gasteiger partial charge on any atom is -0.311 e. The lowest BCUT2D eigenvalue weighted by atomic mass is 9.98. The van der Waals surface area contributed by atoms with Crippen LogP contribution >= 0.6 is 36.2 Å². The Balaban J connectivity index is 0.000001000. The molecule has 0 saturated carbocycles. The van der Waals surface area contributed by atoms with Gasteiger partial charge in [0.15, 0.2) is 0 Å². The van der Waals surface area contributed by atoms with Crippen molar-refractivity contribution in [2.24, 2.45) is 0 Å². The molecule has 2 bridgehead atoms. The Hall–Kier alpha value is 0.130. The Morgan fingerprint density at radius 1 is 1.30 bits per heavy atom. The molecule has 2 saturated heterocycles. The Bertz CT molecular complexity index is 401. The third kappa shape index (κ3) is 4.08. The number of hydrogen-bond acceptors (Lipinski definition) is 4. The van der Waals surface area contributed by atoms with Gasteiger partial charge in [-0.3, -0.25) is 0 Å². The number of hydrogen-bond donors (Lipinski definition) is 1. The van der Waals surface area contributed by atoms with Gasteiger partial charge in [0.25, 0.3) is 0 Å². The van der Waals surface area contributed by atoms with Crippen LogP contribution in [0, 0.1) is 6.92 Å². The summed E-state index contributed by atoms with van der Waals surface area (Å²) in [5, 5.41) is 3.72. The molecule has 2 unspecified atom stereocenters. The smallest absolute Gasteiger partial charge is 0.0797 e. The summed E-state index contributed by atoms with van der Waals surface area (Å²) in [5.41, 5.74) is 3.19. The first kappa shape index (κ1) is 18.2. The molecule has 2 aliphatic rings. The Labute approximate surface area is 138 Å². The van der Waals surface area contributed by atoms with Crippen LogP contribution in [0.4, 0.5) is 0 Å². The van der Waals surface area contributed by atoms with Crippen LogP contribution in [0.2, 0.25) is 0 Å². The van der Waals surface area contributed by atoms with Gasteiger partial charge in [-0.25, -0.2) is 4.98 Å². The molecule has 2 fully saturated rings. The van der Waals surface area contributed by atoms with E-state index in [-0.39, 0.29) is 24.8 Å². The molecular weight excluding hydrogens is 313 g/mol. The van der Waals surface area contributed by atoms with E-state index < -0.39 is 0 Å². The van der Waals surface area contributed by atoms with Crippen molar-refractivity contribution in [3.63, 3.8) is 0 Å². The molecular formula is C14H25Cl2N3S. The van der Waals surface area contributed by atoms with Gasteiger partial charge in [0.1, 0.15) is 0 Å². The largest absolute Gasteiger partial charge is 0.311 e. The average Bonchev–Trinajstić information content (AvgIpc) is 2.92. The molecule has 2 aliphatic heterocycles. The molecule has 1 aromatic rings. The van der Waals surface area contributed by atoms with Gasteiger partial charge in [-0.15, -0.1) is 36.2 Å². The van der Waals surface area contributed by atoms with Crippen molar-refractivity contribution >= 4 is 36.2 Å². The number of rotatable bonds is 4. The van der Waals surface area contributed by atoms with Crippen molar-refractivity contribution in [3.05, 3.63) is 16.1 Å². The minimum absolute atomic E-state index is 0. The number of aromatic nitrogens is 1. The van der Waals surface area contributed by atoms with Gasteiger partial charge in [0.05, 0.1) is 11.2 Å². The zero-order valence-electron chi connectivity index (χ0n) is 12.2. The van der Waals surface area contributed by atoms with Gasteiger partial charge in [-0.1, -0.05) is 0 Å². The normalized spacial score (nSPS) is 28.1. The van der Waals surface area contributed by atoms with Crippen LogP contribution in [0.5, 0.6) is 0 Å². The fourth-order valence-electron chi connectivity index (χ4n) is 3.41. The second-order valence-electron chi connectivity index (χ2n) is 5.85. The van der Waals surface area contributed by atoms with E-state index >= 15 is 0 Å². The summed E-state index contributed by atoms with van der Waals surface area (Å²) >= 11 is 1.80. The van der Waals surface area contributed by atoms with Gasteiger partial charge in [-0.2, -0.15) is 0 Å². The minimum atomic E-state index is 0. The molecule has 0 amide bonds. The molecule has 1 aromatic heterocycles. The van der Waals surface area contributed by atoms with Crippen LogP contribution in [0.3, 0.4) is 0 Å². The summed E-state index contributed by atoms with van der Waals surface area (Å²) in [7, 11) is 2.30.